The van der Waals surface area contributed by atoms with Crippen LogP contribution in [0, 0.1) is 0 Å². The van der Waals surface area contributed by atoms with Crippen molar-refractivity contribution in [1.82, 2.24) is 0 Å². The van der Waals surface area contributed by atoms with Crippen LogP contribution in [0.4, 0.5) is 0 Å². The first-order chi connectivity index (χ1) is 8.22. The largest absolute Gasteiger partial charge is 0.490 e. The highest BCUT2D eigenvalue weighted by Crippen LogP contribution is 2.36. The Bertz CT molecular complexity index is 394. The SMILES string of the molecule is CCCOc1c(Br)cc(C=NO)cc1OCC. The number of halogens is 1. The van der Waals surface area contributed by atoms with Gasteiger partial charge in [0.25, 0.3) is 0 Å². The van der Waals surface area contributed by atoms with E-state index in [0.717, 1.165) is 16.5 Å². The van der Waals surface area contributed by atoms with Crippen molar-refractivity contribution in [2.24, 2.45) is 5.16 Å². The van der Waals surface area contributed by atoms with Gasteiger partial charge in [-0.05, 0) is 41.4 Å². The highest BCUT2D eigenvalue weighted by Gasteiger charge is 2.11. The van der Waals surface area contributed by atoms with E-state index in [0.29, 0.717) is 24.7 Å². The second-order valence-electron chi connectivity index (χ2n) is 3.36. The van der Waals surface area contributed by atoms with Crippen LogP contribution in [0.1, 0.15) is 25.8 Å². The monoisotopic (exact) mass is 301 g/mol. The average Bonchev–Trinajstić information content (AvgIpc) is 2.29. The van der Waals surface area contributed by atoms with Gasteiger partial charge in [-0.25, -0.2) is 0 Å². The van der Waals surface area contributed by atoms with Crippen molar-refractivity contribution in [2.45, 2.75) is 20.3 Å². The molecule has 0 aromatic heterocycles. The van der Waals surface area contributed by atoms with Gasteiger partial charge in [0, 0.05) is 5.56 Å². The molecule has 0 fully saturated rings. The molecule has 0 aliphatic carbocycles. The third-order valence-electron chi connectivity index (χ3n) is 1.99. The quantitative estimate of drug-likeness (QED) is 0.497. The molecule has 0 unspecified atom stereocenters. The fourth-order valence-electron chi connectivity index (χ4n) is 1.34. The molecule has 94 valence electrons. The lowest BCUT2D eigenvalue weighted by Crippen LogP contribution is -2.01. The first-order valence-corrected chi connectivity index (χ1v) is 6.28. The van der Waals surface area contributed by atoms with Crippen LogP contribution >= 0.6 is 15.9 Å². The minimum Gasteiger partial charge on any atom is -0.490 e. The van der Waals surface area contributed by atoms with Gasteiger partial charge in [-0.15, -0.1) is 0 Å². The topological polar surface area (TPSA) is 51.0 Å². The Labute approximate surface area is 109 Å². The lowest BCUT2D eigenvalue weighted by molar-refractivity contribution is 0.275. The first kappa shape index (κ1) is 13.8. The summed E-state index contributed by atoms with van der Waals surface area (Å²) in [6.07, 6.45) is 2.27. The fourth-order valence-corrected chi connectivity index (χ4v) is 1.91. The first-order valence-electron chi connectivity index (χ1n) is 5.49. The fraction of sp³-hybridized carbons (Fsp3) is 0.417. The van der Waals surface area contributed by atoms with Crippen LogP contribution in [0.25, 0.3) is 0 Å². The van der Waals surface area contributed by atoms with Gasteiger partial charge >= 0.3 is 0 Å². The molecular formula is C12H16BrNO3. The van der Waals surface area contributed by atoms with E-state index in [1.165, 1.54) is 6.21 Å². The zero-order valence-electron chi connectivity index (χ0n) is 9.94. The number of ether oxygens (including phenoxy) is 2. The van der Waals surface area contributed by atoms with E-state index in [1.54, 1.807) is 6.07 Å². The maximum atomic E-state index is 8.52. The third-order valence-corrected chi connectivity index (χ3v) is 2.58. The van der Waals surface area contributed by atoms with E-state index < -0.39 is 0 Å². The van der Waals surface area contributed by atoms with E-state index in [-0.39, 0.29) is 0 Å². The minimum atomic E-state index is 0.550. The second kappa shape index (κ2) is 7.17. The molecule has 0 aliphatic heterocycles. The normalized spacial score (nSPS) is 10.8. The Kier molecular flexibility index (Phi) is 5.83. The molecule has 0 heterocycles. The molecule has 0 spiro atoms. The van der Waals surface area contributed by atoms with E-state index in [1.807, 2.05) is 19.9 Å². The molecule has 0 bridgehead atoms. The molecule has 1 aromatic rings. The van der Waals surface area contributed by atoms with E-state index in [2.05, 4.69) is 21.1 Å². The van der Waals surface area contributed by atoms with Gasteiger partial charge in [-0.3, -0.25) is 0 Å². The molecule has 0 atom stereocenters. The molecule has 0 aliphatic rings. The summed E-state index contributed by atoms with van der Waals surface area (Å²) in [6, 6.07) is 3.59. The Morgan fingerprint density at radius 1 is 1.35 bits per heavy atom. The van der Waals surface area contributed by atoms with Crippen LogP contribution in [0.3, 0.4) is 0 Å². The maximum Gasteiger partial charge on any atom is 0.175 e. The summed E-state index contributed by atoms with van der Waals surface area (Å²) >= 11 is 3.42. The summed E-state index contributed by atoms with van der Waals surface area (Å²) < 4.78 is 11.9. The van der Waals surface area contributed by atoms with Crippen LogP contribution in [0.2, 0.25) is 0 Å². The second-order valence-corrected chi connectivity index (χ2v) is 4.21. The number of hydrogen-bond acceptors (Lipinski definition) is 4. The van der Waals surface area contributed by atoms with Gasteiger partial charge in [0.1, 0.15) is 0 Å². The number of benzene rings is 1. The standard InChI is InChI=1S/C12H16BrNO3/c1-3-5-17-12-10(13)6-9(8-14-15)7-11(12)16-4-2/h6-8,15H,3-5H2,1-2H3. The summed E-state index contributed by atoms with van der Waals surface area (Å²) in [4.78, 5) is 0. The van der Waals surface area contributed by atoms with Crippen LogP contribution in [0.5, 0.6) is 11.5 Å². The Hall–Kier alpha value is -1.23. The summed E-state index contributed by atoms with van der Waals surface area (Å²) in [6.45, 7) is 5.13. The molecule has 1 aromatic carbocycles. The molecule has 0 radical (unpaired) electrons. The van der Waals surface area contributed by atoms with Crippen LogP contribution in [-0.4, -0.2) is 24.6 Å². The van der Waals surface area contributed by atoms with Crippen molar-refractivity contribution in [3.8, 4) is 11.5 Å². The van der Waals surface area contributed by atoms with Crippen molar-refractivity contribution >= 4 is 22.1 Å². The summed E-state index contributed by atoms with van der Waals surface area (Å²) in [5, 5.41) is 11.5. The molecule has 17 heavy (non-hydrogen) atoms. The van der Waals surface area contributed by atoms with Crippen molar-refractivity contribution in [3.63, 3.8) is 0 Å². The summed E-state index contributed by atoms with van der Waals surface area (Å²) in [5.41, 5.74) is 0.742. The molecule has 0 saturated carbocycles. The molecule has 4 nitrogen and oxygen atoms in total. The zero-order valence-corrected chi connectivity index (χ0v) is 11.5. The predicted octanol–water partition coefficient (Wildman–Crippen LogP) is 3.44. The molecular weight excluding hydrogens is 286 g/mol. The van der Waals surface area contributed by atoms with Gasteiger partial charge in [0.15, 0.2) is 11.5 Å². The van der Waals surface area contributed by atoms with Gasteiger partial charge in [0.2, 0.25) is 0 Å². The number of rotatable bonds is 6. The zero-order chi connectivity index (χ0) is 12.7. The van der Waals surface area contributed by atoms with Crippen molar-refractivity contribution < 1.29 is 14.7 Å². The molecule has 0 saturated heterocycles. The number of hydrogen-bond donors (Lipinski definition) is 1. The maximum absolute atomic E-state index is 8.52. The van der Waals surface area contributed by atoms with E-state index >= 15 is 0 Å². The Balaban J connectivity index is 3.08. The predicted molar refractivity (Wildman–Crippen MR) is 70.5 cm³/mol. The molecule has 1 N–H and O–H groups in total. The molecule has 0 amide bonds. The lowest BCUT2D eigenvalue weighted by atomic mass is 10.2. The number of oxime groups is 1. The highest BCUT2D eigenvalue weighted by atomic mass is 79.9. The van der Waals surface area contributed by atoms with E-state index in [9.17, 15) is 0 Å². The van der Waals surface area contributed by atoms with E-state index in [4.69, 9.17) is 14.7 Å². The average molecular weight is 302 g/mol. The van der Waals surface area contributed by atoms with Crippen LogP contribution in [0.15, 0.2) is 21.8 Å². The van der Waals surface area contributed by atoms with Crippen molar-refractivity contribution in [1.29, 1.82) is 0 Å². The molecule has 1 rings (SSSR count). The van der Waals surface area contributed by atoms with Gasteiger partial charge < -0.3 is 14.7 Å². The van der Waals surface area contributed by atoms with Crippen LogP contribution < -0.4 is 9.47 Å². The molecule has 5 heteroatoms. The Morgan fingerprint density at radius 3 is 2.71 bits per heavy atom. The smallest absolute Gasteiger partial charge is 0.175 e. The van der Waals surface area contributed by atoms with Gasteiger partial charge in [-0.1, -0.05) is 12.1 Å². The van der Waals surface area contributed by atoms with Crippen LogP contribution in [-0.2, 0) is 0 Å². The summed E-state index contributed by atoms with van der Waals surface area (Å²) in [7, 11) is 0. The Morgan fingerprint density at radius 2 is 2.12 bits per heavy atom. The summed E-state index contributed by atoms with van der Waals surface area (Å²) in [5.74, 6) is 1.33. The number of nitrogens with zero attached hydrogens (tertiary/aromatic N) is 1. The van der Waals surface area contributed by atoms with Crippen molar-refractivity contribution in [3.05, 3.63) is 22.2 Å². The third kappa shape index (κ3) is 3.93. The highest BCUT2D eigenvalue weighted by molar-refractivity contribution is 9.10. The van der Waals surface area contributed by atoms with Crippen molar-refractivity contribution in [2.75, 3.05) is 13.2 Å². The van der Waals surface area contributed by atoms with Gasteiger partial charge in [-0.2, -0.15) is 0 Å². The lowest BCUT2D eigenvalue weighted by Gasteiger charge is -2.13. The van der Waals surface area contributed by atoms with Gasteiger partial charge in [0.05, 0.1) is 23.9 Å². The minimum absolute atomic E-state index is 0.550.